The van der Waals surface area contributed by atoms with Crippen molar-refractivity contribution in [3.63, 3.8) is 0 Å². The first-order valence-electron chi connectivity index (χ1n) is 8.56. The molecule has 0 N–H and O–H groups in total. The first kappa shape index (κ1) is 19.1. The number of esters is 1. The van der Waals surface area contributed by atoms with Crippen LogP contribution in [-0.4, -0.2) is 55.0 Å². The number of carbonyl (C=O) groups excluding carboxylic acids is 2. The third-order valence-corrected chi connectivity index (χ3v) is 4.87. The second-order valence-corrected chi connectivity index (χ2v) is 6.65. The Morgan fingerprint density at radius 2 is 1.78 bits per heavy atom. The average Bonchev–Trinajstić information content (AvgIpc) is 2.70. The molecule has 7 nitrogen and oxygen atoms in total. The number of aromatic nitrogens is 1. The molecule has 27 heavy (non-hydrogen) atoms. The molecule has 0 aliphatic carbocycles. The Balaban J connectivity index is 1.72. The van der Waals surface area contributed by atoms with Crippen molar-refractivity contribution < 1.29 is 19.1 Å². The van der Waals surface area contributed by atoms with E-state index in [1.54, 1.807) is 41.3 Å². The number of benzene rings is 1. The minimum Gasteiger partial charge on any atom is -0.618 e. The van der Waals surface area contributed by atoms with Gasteiger partial charge in [-0.25, -0.2) is 4.79 Å². The summed E-state index contributed by atoms with van der Waals surface area (Å²) in [4.78, 5) is 28.5. The van der Waals surface area contributed by atoms with Gasteiger partial charge in [0.25, 0.3) is 5.69 Å². The molecule has 1 saturated heterocycles. The van der Waals surface area contributed by atoms with Crippen molar-refractivity contribution in [2.75, 3.05) is 33.3 Å². The maximum absolute atomic E-state index is 12.6. The number of hydrogen-bond donors (Lipinski definition) is 0. The number of methoxy groups -OCH3 is 1. The van der Waals surface area contributed by atoms with Gasteiger partial charge in [0.15, 0.2) is 6.20 Å². The van der Waals surface area contributed by atoms with Gasteiger partial charge in [-0.3, -0.25) is 9.69 Å². The van der Waals surface area contributed by atoms with E-state index in [0.29, 0.717) is 35.9 Å². The molecule has 142 valence electrons. The Bertz CT molecular complexity index is 820. The smallest absolute Gasteiger partial charge is 0.327 e. The zero-order valence-electron chi connectivity index (χ0n) is 14.9. The van der Waals surface area contributed by atoms with Crippen LogP contribution in [0.1, 0.15) is 22.1 Å². The monoisotopic (exact) mass is 389 g/mol. The Kier molecular flexibility index (Phi) is 5.93. The van der Waals surface area contributed by atoms with E-state index in [0.717, 1.165) is 5.56 Å². The number of piperazine rings is 1. The van der Waals surface area contributed by atoms with Crippen LogP contribution < -0.4 is 4.73 Å². The summed E-state index contributed by atoms with van der Waals surface area (Å²) in [5.41, 5.74) is 0.875. The zero-order chi connectivity index (χ0) is 19.4. The number of nitrogens with zero attached hydrogens (tertiary/aromatic N) is 3. The van der Waals surface area contributed by atoms with Gasteiger partial charge in [-0.05, 0) is 23.8 Å². The number of carbonyl (C=O) groups is 2. The van der Waals surface area contributed by atoms with Gasteiger partial charge in [0.1, 0.15) is 6.04 Å². The molecule has 2 heterocycles. The normalized spacial score (nSPS) is 16.0. The number of ether oxygens (including phenoxy) is 1. The molecular weight excluding hydrogens is 370 g/mol. The second-order valence-electron chi connectivity index (χ2n) is 6.22. The van der Waals surface area contributed by atoms with Crippen molar-refractivity contribution >= 4 is 23.5 Å². The average molecular weight is 390 g/mol. The molecule has 0 radical (unpaired) electrons. The fourth-order valence-electron chi connectivity index (χ4n) is 3.19. The summed E-state index contributed by atoms with van der Waals surface area (Å²) in [6.45, 7) is 1.79. The Morgan fingerprint density at radius 1 is 1.11 bits per heavy atom. The van der Waals surface area contributed by atoms with Gasteiger partial charge in [0.2, 0.25) is 0 Å². The van der Waals surface area contributed by atoms with Crippen molar-refractivity contribution in [1.82, 2.24) is 9.80 Å². The minimum absolute atomic E-state index is 0.0909. The lowest BCUT2D eigenvalue weighted by Gasteiger charge is -2.37. The number of rotatable bonds is 4. The van der Waals surface area contributed by atoms with Crippen molar-refractivity contribution in [2.24, 2.45) is 0 Å². The summed E-state index contributed by atoms with van der Waals surface area (Å²) < 4.78 is 5.54. The van der Waals surface area contributed by atoms with Gasteiger partial charge >= 0.3 is 11.9 Å². The molecule has 3 rings (SSSR count). The molecule has 8 heteroatoms. The topological polar surface area (TPSA) is 76.8 Å². The highest BCUT2D eigenvalue weighted by atomic mass is 35.5. The Morgan fingerprint density at radius 3 is 2.37 bits per heavy atom. The van der Waals surface area contributed by atoms with Crippen molar-refractivity contribution in [2.45, 2.75) is 6.04 Å². The zero-order valence-corrected chi connectivity index (χ0v) is 15.6. The molecule has 1 atom stereocenters. The summed E-state index contributed by atoms with van der Waals surface area (Å²) in [6.07, 6.45) is 1.30. The lowest BCUT2D eigenvalue weighted by molar-refractivity contribution is -0.608. The van der Waals surface area contributed by atoms with Gasteiger partial charge in [-0.2, -0.15) is 4.73 Å². The van der Waals surface area contributed by atoms with Gasteiger partial charge in [0, 0.05) is 43.3 Å². The molecule has 1 aromatic carbocycles. The third-order valence-electron chi connectivity index (χ3n) is 4.62. The predicted molar refractivity (Wildman–Crippen MR) is 99.1 cm³/mol. The summed E-state index contributed by atoms with van der Waals surface area (Å²) in [5, 5.41) is 12.4. The van der Waals surface area contributed by atoms with Crippen molar-refractivity contribution in [1.29, 1.82) is 0 Å². The van der Waals surface area contributed by atoms with E-state index in [1.165, 1.54) is 19.4 Å². The van der Waals surface area contributed by atoms with E-state index in [2.05, 4.69) is 0 Å². The molecule has 1 fully saturated rings. The maximum Gasteiger partial charge on any atom is 0.327 e. The van der Waals surface area contributed by atoms with E-state index in [1.807, 2.05) is 4.90 Å². The summed E-state index contributed by atoms with van der Waals surface area (Å²) in [6, 6.07) is 11.2. The van der Waals surface area contributed by atoms with E-state index in [9.17, 15) is 14.8 Å². The van der Waals surface area contributed by atoms with E-state index in [4.69, 9.17) is 16.3 Å². The highest BCUT2D eigenvalue weighted by molar-refractivity contribution is 6.30. The molecule has 0 saturated carbocycles. The van der Waals surface area contributed by atoms with Gasteiger partial charge in [-0.1, -0.05) is 23.7 Å². The summed E-state index contributed by atoms with van der Waals surface area (Å²) in [5.74, 6) is -0.677. The highest BCUT2D eigenvalue weighted by Gasteiger charge is 2.33. The second kappa shape index (κ2) is 8.37. The van der Waals surface area contributed by atoms with E-state index < -0.39 is 6.04 Å². The minimum atomic E-state index is -0.564. The number of amides is 1. The standard InChI is InChI=1S/C19H20ClN3O4/c1-27-19(25)17(14-5-7-15(20)8-6-14)21-10-12-22(13-11-21)18(24)16-4-2-3-9-23(16)26/h2-9,17H,10-13H2,1H3. The van der Waals surface area contributed by atoms with Crippen molar-refractivity contribution in [3.8, 4) is 0 Å². The van der Waals surface area contributed by atoms with Crippen molar-refractivity contribution in [3.05, 3.63) is 70.1 Å². The van der Waals surface area contributed by atoms with Gasteiger partial charge < -0.3 is 14.8 Å². The van der Waals surface area contributed by atoms with Gasteiger partial charge in [0.05, 0.1) is 7.11 Å². The molecule has 1 aromatic heterocycles. The summed E-state index contributed by atoms with van der Waals surface area (Å²) >= 11 is 5.94. The Hall–Kier alpha value is -2.64. The molecule has 2 aromatic rings. The highest BCUT2D eigenvalue weighted by Crippen LogP contribution is 2.25. The van der Waals surface area contributed by atoms with Crippen LogP contribution in [0.25, 0.3) is 0 Å². The SMILES string of the molecule is COC(=O)C(c1ccc(Cl)cc1)N1CCN(C(=O)c2cccc[n+]2[O-])CC1. The third kappa shape index (κ3) is 4.20. The van der Waals surface area contributed by atoms with Crippen LogP contribution in [0.4, 0.5) is 0 Å². The molecular formula is C19H20ClN3O4. The largest absolute Gasteiger partial charge is 0.618 e. The maximum atomic E-state index is 12.6. The van der Waals surface area contributed by atoms with Crippen LogP contribution in [0.2, 0.25) is 5.02 Å². The van der Waals surface area contributed by atoms with Crippen LogP contribution in [0.15, 0.2) is 48.7 Å². The van der Waals surface area contributed by atoms with Crippen LogP contribution in [0, 0.1) is 5.21 Å². The number of halogens is 1. The summed E-state index contributed by atoms with van der Waals surface area (Å²) in [7, 11) is 1.35. The first-order chi connectivity index (χ1) is 13.0. The van der Waals surface area contributed by atoms with E-state index >= 15 is 0 Å². The van der Waals surface area contributed by atoms with Crippen LogP contribution in [0.3, 0.4) is 0 Å². The fourth-order valence-corrected chi connectivity index (χ4v) is 3.32. The molecule has 1 unspecified atom stereocenters. The molecule has 0 bridgehead atoms. The predicted octanol–water partition coefficient (Wildman–Crippen LogP) is 1.65. The molecule has 1 aliphatic heterocycles. The Labute approximate surface area is 162 Å². The van der Waals surface area contributed by atoms with Crippen LogP contribution in [0.5, 0.6) is 0 Å². The quantitative estimate of drug-likeness (QED) is 0.451. The molecule has 1 aliphatic rings. The lowest BCUT2D eigenvalue weighted by Crippen LogP contribution is -2.52. The number of pyridine rings is 1. The molecule has 0 spiro atoms. The van der Waals surface area contributed by atoms with Crippen LogP contribution >= 0.6 is 11.6 Å². The van der Waals surface area contributed by atoms with Crippen LogP contribution in [-0.2, 0) is 9.53 Å². The lowest BCUT2D eigenvalue weighted by atomic mass is 10.0. The molecule has 1 amide bonds. The van der Waals surface area contributed by atoms with E-state index in [-0.39, 0.29) is 17.6 Å². The van der Waals surface area contributed by atoms with Gasteiger partial charge in [-0.15, -0.1) is 0 Å². The fraction of sp³-hybridized carbons (Fsp3) is 0.316. The first-order valence-corrected chi connectivity index (χ1v) is 8.94. The number of hydrogen-bond acceptors (Lipinski definition) is 5.